The third-order valence-electron chi connectivity index (χ3n) is 3.89. The van der Waals surface area contributed by atoms with Crippen molar-refractivity contribution in [1.82, 2.24) is 15.6 Å². The maximum atomic E-state index is 11.9. The van der Waals surface area contributed by atoms with Gasteiger partial charge in [0.15, 0.2) is 0 Å². The summed E-state index contributed by atoms with van der Waals surface area (Å²) in [6.07, 6.45) is 1.80. The number of aryl methyl sites for hydroxylation is 1. The van der Waals surface area contributed by atoms with E-state index >= 15 is 0 Å². The molecule has 0 radical (unpaired) electrons. The summed E-state index contributed by atoms with van der Waals surface area (Å²) in [5, 5.41) is 8.67. The molecule has 0 saturated carbocycles. The van der Waals surface area contributed by atoms with Crippen LogP contribution in [0.2, 0.25) is 0 Å². The smallest absolute Gasteiger partial charge is 0.242 e. The third-order valence-corrected chi connectivity index (χ3v) is 4.67. The van der Waals surface area contributed by atoms with E-state index in [1.54, 1.807) is 11.3 Å². The number of nitrogens with one attached hydrogen (secondary N) is 2. The highest BCUT2D eigenvalue weighted by Gasteiger charge is 2.26. The van der Waals surface area contributed by atoms with Crippen LogP contribution in [0.15, 0.2) is 29.6 Å². The molecule has 3 rings (SSSR count). The molecule has 5 nitrogen and oxygen atoms in total. The summed E-state index contributed by atoms with van der Waals surface area (Å²) in [6.45, 7) is 2.57. The quantitative estimate of drug-likeness (QED) is 0.882. The number of aromatic nitrogens is 1. The van der Waals surface area contributed by atoms with E-state index in [2.05, 4.69) is 45.3 Å². The van der Waals surface area contributed by atoms with Crippen LogP contribution in [0, 0.1) is 6.92 Å². The fourth-order valence-electron chi connectivity index (χ4n) is 2.60. The molecule has 1 aliphatic rings. The van der Waals surface area contributed by atoms with Crippen molar-refractivity contribution in [2.45, 2.75) is 32.2 Å². The number of hydrogen-bond donors (Lipinski definition) is 2. The maximum Gasteiger partial charge on any atom is 0.242 e. The Labute approximate surface area is 139 Å². The number of thiazole rings is 1. The first-order chi connectivity index (χ1) is 11.1. The maximum absolute atomic E-state index is 11.9. The summed E-state index contributed by atoms with van der Waals surface area (Å²) < 4.78 is 0. The van der Waals surface area contributed by atoms with E-state index in [1.807, 2.05) is 6.92 Å². The average Bonchev–Trinajstić information content (AvgIpc) is 3.16. The lowest BCUT2D eigenvalue weighted by atomic mass is 10.1. The second kappa shape index (κ2) is 6.91. The van der Waals surface area contributed by atoms with Gasteiger partial charge in [-0.25, -0.2) is 4.98 Å². The Kier molecular flexibility index (Phi) is 4.71. The van der Waals surface area contributed by atoms with Gasteiger partial charge < -0.3 is 10.6 Å². The van der Waals surface area contributed by atoms with Crippen molar-refractivity contribution in [2.24, 2.45) is 0 Å². The summed E-state index contributed by atoms with van der Waals surface area (Å²) in [7, 11) is 0. The second-order valence-electron chi connectivity index (χ2n) is 5.65. The molecular formula is C17H19N3O2S. The van der Waals surface area contributed by atoms with Crippen molar-refractivity contribution in [3.8, 4) is 11.3 Å². The standard InChI is InChI=1S/C17H19N3O2S/c1-11-19-15(10-23-11)13-4-2-12(3-5-13)8-9-18-17(22)14-6-7-16(21)20-14/h2-5,10,14H,6-9H2,1H3,(H,18,22)(H,20,21). The van der Waals surface area contributed by atoms with Crippen LogP contribution < -0.4 is 10.6 Å². The van der Waals surface area contributed by atoms with Crippen LogP contribution in [0.3, 0.4) is 0 Å². The van der Waals surface area contributed by atoms with Crippen LogP contribution >= 0.6 is 11.3 Å². The van der Waals surface area contributed by atoms with Gasteiger partial charge in [0.1, 0.15) is 6.04 Å². The molecule has 1 aromatic heterocycles. The van der Waals surface area contributed by atoms with Gasteiger partial charge in [0.25, 0.3) is 0 Å². The van der Waals surface area contributed by atoms with Gasteiger partial charge in [0, 0.05) is 23.9 Å². The predicted molar refractivity (Wildman–Crippen MR) is 90.2 cm³/mol. The van der Waals surface area contributed by atoms with Gasteiger partial charge in [-0.05, 0) is 25.3 Å². The average molecular weight is 329 g/mol. The molecule has 6 heteroatoms. The fraction of sp³-hybridized carbons (Fsp3) is 0.353. The van der Waals surface area contributed by atoms with Crippen molar-refractivity contribution >= 4 is 23.2 Å². The van der Waals surface area contributed by atoms with E-state index in [1.165, 1.54) is 0 Å². The Morgan fingerprint density at radius 3 is 2.78 bits per heavy atom. The molecule has 1 saturated heterocycles. The fourth-order valence-corrected chi connectivity index (χ4v) is 3.22. The zero-order valence-electron chi connectivity index (χ0n) is 13.0. The summed E-state index contributed by atoms with van der Waals surface area (Å²) in [4.78, 5) is 27.5. The first-order valence-electron chi connectivity index (χ1n) is 7.70. The normalized spacial score (nSPS) is 17.1. The van der Waals surface area contributed by atoms with E-state index in [4.69, 9.17) is 0 Å². The molecule has 2 N–H and O–H groups in total. The van der Waals surface area contributed by atoms with E-state index in [9.17, 15) is 9.59 Å². The lowest BCUT2D eigenvalue weighted by Gasteiger charge is -2.11. The number of benzene rings is 1. The molecule has 1 aromatic carbocycles. The Morgan fingerprint density at radius 2 is 2.17 bits per heavy atom. The molecule has 1 aliphatic heterocycles. The highest BCUT2D eigenvalue weighted by Crippen LogP contribution is 2.21. The van der Waals surface area contributed by atoms with E-state index in [-0.39, 0.29) is 17.9 Å². The molecule has 2 heterocycles. The zero-order chi connectivity index (χ0) is 16.2. The van der Waals surface area contributed by atoms with Gasteiger partial charge in [-0.3, -0.25) is 9.59 Å². The molecule has 0 bridgehead atoms. The van der Waals surface area contributed by atoms with Gasteiger partial charge in [-0.15, -0.1) is 11.3 Å². The third kappa shape index (κ3) is 3.96. The second-order valence-corrected chi connectivity index (χ2v) is 6.71. The van der Waals surface area contributed by atoms with Crippen LogP contribution in [0.1, 0.15) is 23.4 Å². The largest absolute Gasteiger partial charge is 0.354 e. The Bertz CT molecular complexity index is 709. The topological polar surface area (TPSA) is 71.1 Å². The summed E-state index contributed by atoms with van der Waals surface area (Å²) in [6, 6.07) is 7.88. The van der Waals surface area contributed by atoms with Crippen molar-refractivity contribution in [3.05, 3.63) is 40.2 Å². The van der Waals surface area contributed by atoms with Crippen LogP contribution in [-0.2, 0) is 16.0 Å². The van der Waals surface area contributed by atoms with Gasteiger partial charge in [-0.1, -0.05) is 24.3 Å². The van der Waals surface area contributed by atoms with Gasteiger partial charge in [0.05, 0.1) is 10.7 Å². The highest BCUT2D eigenvalue weighted by atomic mass is 32.1. The Hall–Kier alpha value is -2.21. The van der Waals surface area contributed by atoms with E-state index < -0.39 is 0 Å². The summed E-state index contributed by atoms with van der Waals surface area (Å²) in [5.74, 6) is -0.136. The van der Waals surface area contributed by atoms with Crippen LogP contribution in [-0.4, -0.2) is 29.4 Å². The SMILES string of the molecule is Cc1nc(-c2ccc(CCNC(=O)C3CCC(=O)N3)cc2)cs1. The summed E-state index contributed by atoms with van der Waals surface area (Å²) in [5.41, 5.74) is 3.27. The molecule has 120 valence electrons. The molecule has 23 heavy (non-hydrogen) atoms. The van der Waals surface area contributed by atoms with E-state index in [0.29, 0.717) is 19.4 Å². The lowest BCUT2D eigenvalue weighted by molar-refractivity contribution is -0.125. The van der Waals surface area contributed by atoms with Gasteiger partial charge >= 0.3 is 0 Å². The Morgan fingerprint density at radius 1 is 1.39 bits per heavy atom. The lowest BCUT2D eigenvalue weighted by Crippen LogP contribution is -2.42. The van der Waals surface area contributed by atoms with Crippen molar-refractivity contribution in [3.63, 3.8) is 0 Å². The van der Waals surface area contributed by atoms with Crippen LogP contribution in [0.5, 0.6) is 0 Å². The van der Waals surface area contributed by atoms with Crippen LogP contribution in [0.4, 0.5) is 0 Å². The molecule has 1 atom stereocenters. The number of amides is 2. The minimum atomic E-state index is -0.363. The van der Waals surface area contributed by atoms with Gasteiger partial charge in [0.2, 0.25) is 11.8 Å². The highest BCUT2D eigenvalue weighted by molar-refractivity contribution is 7.09. The predicted octanol–water partition coefficient (Wildman–Crippen LogP) is 2.06. The van der Waals surface area contributed by atoms with Crippen molar-refractivity contribution in [2.75, 3.05) is 6.54 Å². The minimum Gasteiger partial charge on any atom is -0.354 e. The zero-order valence-corrected chi connectivity index (χ0v) is 13.8. The molecule has 1 fully saturated rings. The van der Waals surface area contributed by atoms with Gasteiger partial charge in [-0.2, -0.15) is 0 Å². The summed E-state index contributed by atoms with van der Waals surface area (Å²) >= 11 is 1.64. The van der Waals surface area contributed by atoms with Crippen molar-refractivity contribution in [1.29, 1.82) is 0 Å². The monoisotopic (exact) mass is 329 g/mol. The molecule has 0 spiro atoms. The molecule has 0 aliphatic carbocycles. The number of carbonyl (C=O) groups is 2. The van der Waals surface area contributed by atoms with Crippen LogP contribution in [0.25, 0.3) is 11.3 Å². The van der Waals surface area contributed by atoms with Crippen molar-refractivity contribution < 1.29 is 9.59 Å². The molecular weight excluding hydrogens is 310 g/mol. The molecule has 2 aromatic rings. The number of carbonyl (C=O) groups excluding carboxylic acids is 2. The minimum absolute atomic E-state index is 0.0435. The number of rotatable bonds is 5. The van der Waals surface area contributed by atoms with E-state index in [0.717, 1.165) is 28.2 Å². The Balaban J connectivity index is 1.49. The number of nitrogens with zero attached hydrogens (tertiary/aromatic N) is 1. The molecule has 2 amide bonds. The number of hydrogen-bond acceptors (Lipinski definition) is 4. The first-order valence-corrected chi connectivity index (χ1v) is 8.58. The molecule has 1 unspecified atom stereocenters. The first kappa shape index (κ1) is 15.7.